The molecule has 3 rings (SSSR count). The van der Waals surface area contributed by atoms with E-state index in [0.29, 0.717) is 19.8 Å². The summed E-state index contributed by atoms with van der Waals surface area (Å²) in [6.07, 6.45) is 5.06. The zero-order valence-electron chi connectivity index (χ0n) is 12.2. The fourth-order valence-electron chi connectivity index (χ4n) is 3.15. The largest absolute Gasteiger partial charge is 0.463 e. The third kappa shape index (κ3) is 2.87. The lowest BCUT2D eigenvalue weighted by molar-refractivity contribution is -0.181. The normalized spacial score (nSPS) is 23.4. The van der Waals surface area contributed by atoms with Gasteiger partial charge in [0.15, 0.2) is 5.79 Å². The van der Waals surface area contributed by atoms with Gasteiger partial charge in [-0.05, 0) is 24.8 Å². The number of rotatable bonds is 3. The number of carbonyl (C=O) groups excluding carboxylic acids is 1. The summed E-state index contributed by atoms with van der Waals surface area (Å²) in [5.74, 6) is -0.723. The molecule has 1 aliphatic heterocycles. The predicted molar refractivity (Wildman–Crippen MR) is 77.6 cm³/mol. The van der Waals surface area contributed by atoms with Crippen molar-refractivity contribution in [2.75, 3.05) is 19.8 Å². The lowest BCUT2D eigenvalue weighted by Crippen LogP contribution is -2.35. The second-order valence-electron chi connectivity index (χ2n) is 5.39. The molecule has 1 unspecified atom stereocenters. The molecule has 2 aliphatic rings. The van der Waals surface area contributed by atoms with Gasteiger partial charge in [0, 0.05) is 18.1 Å². The standard InChI is InChI=1S/C17H20O4/c1-2-19-16(18)8-7-13-11-14-5-3-4-6-15(14)17(12-13)20-9-10-21-17/h3-8,13H,2,9-12H2,1H3. The number of hydrogen-bond acceptors (Lipinski definition) is 4. The van der Waals surface area contributed by atoms with E-state index in [2.05, 4.69) is 12.1 Å². The molecule has 4 heteroatoms. The Bertz CT molecular complexity index is 543. The Labute approximate surface area is 124 Å². The van der Waals surface area contributed by atoms with Crippen molar-refractivity contribution in [3.63, 3.8) is 0 Å². The average molecular weight is 288 g/mol. The average Bonchev–Trinajstić information content (AvgIpc) is 2.95. The lowest BCUT2D eigenvalue weighted by Gasteiger charge is -2.37. The van der Waals surface area contributed by atoms with Gasteiger partial charge in [-0.1, -0.05) is 30.3 Å². The minimum absolute atomic E-state index is 0.211. The van der Waals surface area contributed by atoms with Crippen molar-refractivity contribution in [2.45, 2.75) is 25.6 Å². The van der Waals surface area contributed by atoms with E-state index >= 15 is 0 Å². The monoisotopic (exact) mass is 288 g/mol. The number of hydrogen-bond donors (Lipinski definition) is 0. The Morgan fingerprint density at radius 3 is 2.90 bits per heavy atom. The van der Waals surface area contributed by atoms with Gasteiger partial charge in [-0.2, -0.15) is 0 Å². The molecule has 0 bridgehead atoms. The summed E-state index contributed by atoms with van der Waals surface area (Å²) >= 11 is 0. The molecule has 1 heterocycles. The van der Waals surface area contributed by atoms with Crippen LogP contribution in [0.15, 0.2) is 36.4 Å². The number of allylic oxidation sites excluding steroid dienone is 1. The molecule has 0 aromatic heterocycles. The van der Waals surface area contributed by atoms with Crippen molar-refractivity contribution in [3.05, 3.63) is 47.5 Å². The van der Waals surface area contributed by atoms with Crippen LogP contribution in [0.5, 0.6) is 0 Å². The summed E-state index contributed by atoms with van der Waals surface area (Å²) in [7, 11) is 0. The van der Waals surface area contributed by atoms with E-state index < -0.39 is 5.79 Å². The maximum absolute atomic E-state index is 11.5. The summed E-state index contributed by atoms with van der Waals surface area (Å²) in [5.41, 5.74) is 2.35. The highest BCUT2D eigenvalue weighted by molar-refractivity contribution is 5.81. The molecule has 0 radical (unpaired) electrons. The van der Waals surface area contributed by atoms with E-state index in [0.717, 1.165) is 18.4 Å². The fourth-order valence-corrected chi connectivity index (χ4v) is 3.15. The third-order valence-electron chi connectivity index (χ3n) is 3.99. The van der Waals surface area contributed by atoms with Gasteiger partial charge in [-0.3, -0.25) is 0 Å². The first-order valence-electron chi connectivity index (χ1n) is 7.45. The van der Waals surface area contributed by atoms with Gasteiger partial charge in [0.2, 0.25) is 0 Å². The summed E-state index contributed by atoms with van der Waals surface area (Å²) < 4.78 is 16.8. The highest BCUT2D eigenvalue weighted by atomic mass is 16.7. The Hall–Kier alpha value is -1.65. The SMILES string of the molecule is CCOC(=O)C=CC1Cc2ccccc2C2(C1)OCCO2. The van der Waals surface area contributed by atoms with Crippen LogP contribution >= 0.6 is 0 Å². The van der Waals surface area contributed by atoms with Crippen LogP contribution in [0.2, 0.25) is 0 Å². The van der Waals surface area contributed by atoms with Gasteiger partial charge >= 0.3 is 5.97 Å². The lowest BCUT2D eigenvalue weighted by atomic mass is 9.79. The maximum Gasteiger partial charge on any atom is 0.330 e. The molecular weight excluding hydrogens is 268 g/mol. The molecule has 0 saturated carbocycles. The first kappa shape index (κ1) is 14.3. The van der Waals surface area contributed by atoms with Crippen molar-refractivity contribution in [2.24, 2.45) is 5.92 Å². The van der Waals surface area contributed by atoms with Crippen molar-refractivity contribution < 1.29 is 19.0 Å². The summed E-state index contributed by atoms with van der Waals surface area (Å²) in [6, 6.07) is 8.22. The quantitative estimate of drug-likeness (QED) is 0.633. The minimum Gasteiger partial charge on any atom is -0.463 e. The van der Waals surface area contributed by atoms with Crippen LogP contribution < -0.4 is 0 Å². The van der Waals surface area contributed by atoms with Gasteiger partial charge in [0.05, 0.1) is 19.8 Å². The van der Waals surface area contributed by atoms with Crippen molar-refractivity contribution in [1.29, 1.82) is 0 Å². The smallest absolute Gasteiger partial charge is 0.330 e. The molecule has 1 spiro atoms. The van der Waals surface area contributed by atoms with E-state index in [1.165, 1.54) is 11.6 Å². The molecular formula is C17H20O4. The Morgan fingerprint density at radius 2 is 2.14 bits per heavy atom. The van der Waals surface area contributed by atoms with E-state index in [1.54, 1.807) is 6.92 Å². The summed E-state index contributed by atoms with van der Waals surface area (Å²) in [6.45, 7) is 3.43. The van der Waals surface area contributed by atoms with Crippen LogP contribution in [0.25, 0.3) is 0 Å². The summed E-state index contributed by atoms with van der Waals surface area (Å²) in [5, 5.41) is 0. The minimum atomic E-state index is -0.640. The number of ether oxygens (including phenoxy) is 3. The van der Waals surface area contributed by atoms with Gasteiger partial charge in [0.1, 0.15) is 0 Å². The third-order valence-corrected chi connectivity index (χ3v) is 3.99. The van der Waals surface area contributed by atoms with Gasteiger partial charge < -0.3 is 14.2 Å². The first-order chi connectivity index (χ1) is 10.2. The molecule has 1 aliphatic carbocycles. The second kappa shape index (κ2) is 6.00. The van der Waals surface area contributed by atoms with Crippen molar-refractivity contribution >= 4 is 5.97 Å². The van der Waals surface area contributed by atoms with Crippen molar-refractivity contribution in [1.82, 2.24) is 0 Å². The molecule has 0 amide bonds. The van der Waals surface area contributed by atoms with Gasteiger partial charge in [0.25, 0.3) is 0 Å². The van der Waals surface area contributed by atoms with Gasteiger partial charge in [-0.15, -0.1) is 0 Å². The highest BCUT2D eigenvalue weighted by Gasteiger charge is 2.44. The Balaban J connectivity index is 1.83. The van der Waals surface area contributed by atoms with Crippen molar-refractivity contribution in [3.8, 4) is 0 Å². The Kier molecular flexibility index (Phi) is 4.08. The topological polar surface area (TPSA) is 44.8 Å². The molecule has 21 heavy (non-hydrogen) atoms. The van der Waals surface area contributed by atoms with Crippen LogP contribution in [-0.4, -0.2) is 25.8 Å². The molecule has 112 valence electrons. The molecule has 1 aromatic rings. The first-order valence-corrected chi connectivity index (χ1v) is 7.45. The molecule has 1 aromatic carbocycles. The second-order valence-corrected chi connectivity index (χ2v) is 5.39. The molecule has 1 fully saturated rings. The Morgan fingerprint density at radius 1 is 1.38 bits per heavy atom. The van der Waals surface area contributed by atoms with E-state index in [9.17, 15) is 4.79 Å². The zero-order valence-corrected chi connectivity index (χ0v) is 12.2. The van der Waals surface area contributed by atoms with E-state index in [4.69, 9.17) is 14.2 Å². The number of esters is 1. The van der Waals surface area contributed by atoms with Crippen LogP contribution in [0.3, 0.4) is 0 Å². The maximum atomic E-state index is 11.5. The number of fused-ring (bicyclic) bond motifs is 2. The molecule has 4 nitrogen and oxygen atoms in total. The van der Waals surface area contributed by atoms with E-state index in [-0.39, 0.29) is 11.9 Å². The number of carbonyl (C=O) groups is 1. The van der Waals surface area contributed by atoms with E-state index in [1.807, 2.05) is 18.2 Å². The van der Waals surface area contributed by atoms with Crippen LogP contribution in [-0.2, 0) is 31.2 Å². The molecule has 0 N–H and O–H groups in total. The van der Waals surface area contributed by atoms with Crippen LogP contribution in [0.4, 0.5) is 0 Å². The van der Waals surface area contributed by atoms with Crippen LogP contribution in [0.1, 0.15) is 24.5 Å². The number of benzene rings is 1. The highest BCUT2D eigenvalue weighted by Crippen LogP contribution is 2.44. The molecule has 1 atom stereocenters. The zero-order chi connectivity index (χ0) is 14.7. The predicted octanol–water partition coefficient (Wildman–Crippen LogP) is 2.57. The fraction of sp³-hybridized carbons (Fsp3) is 0.471. The summed E-state index contributed by atoms with van der Waals surface area (Å²) in [4.78, 5) is 11.5. The van der Waals surface area contributed by atoms with Crippen LogP contribution in [0, 0.1) is 5.92 Å². The van der Waals surface area contributed by atoms with Gasteiger partial charge in [-0.25, -0.2) is 4.79 Å². The molecule has 1 saturated heterocycles.